The van der Waals surface area contributed by atoms with E-state index in [1.54, 1.807) is 0 Å². The molecule has 0 spiro atoms. The first-order valence-corrected chi connectivity index (χ1v) is 6.71. The van der Waals surface area contributed by atoms with Crippen LogP contribution in [0, 0.1) is 17.8 Å². The van der Waals surface area contributed by atoms with Crippen molar-refractivity contribution in [3.8, 4) is 0 Å². The highest BCUT2D eigenvalue weighted by Crippen LogP contribution is 2.48. The lowest BCUT2D eigenvalue weighted by Gasteiger charge is -2.16. The van der Waals surface area contributed by atoms with E-state index in [2.05, 4.69) is 24.5 Å². The van der Waals surface area contributed by atoms with Crippen LogP contribution in [0.2, 0.25) is 0 Å². The Bertz CT molecular complexity index is 171. The van der Waals surface area contributed by atoms with Gasteiger partial charge in [-0.2, -0.15) is 0 Å². The molecule has 2 heteroatoms. The van der Waals surface area contributed by atoms with Crippen LogP contribution in [0.3, 0.4) is 0 Å². The second-order valence-corrected chi connectivity index (χ2v) is 5.65. The van der Waals surface area contributed by atoms with Crippen molar-refractivity contribution in [1.82, 2.24) is 10.6 Å². The Balaban J connectivity index is 1.51. The fraction of sp³-hybridized carbons (Fsp3) is 1.00. The summed E-state index contributed by atoms with van der Waals surface area (Å²) in [5.74, 6) is 3.19. The van der Waals surface area contributed by atoms with Crippen LogP contribution < -0.4 is 10.6 Å². The minimum absolute atomic E-state index is 0.620. The molecule has 2 fully saturated rings. The van der Waals surface area contributed by atoms with Gasteiger partial charge in [-0.05, 0) is 50.0 Å². The summed E-state index contributed by atoms with van der Waals surface area (Å²) in [6, 6.07) is 0.620. The Hall–Kier alpha value is -0.0800. The van der Waals surface area contributed by atoms with E-state index in [4.69, 9.17) is 0 Å². The molecular formula is C13H26N2. The lowest BCUT2D eigenvalue weighted by atomic mass is 9.98. The molecule has 0 aromatic heterocycles. The van der Waals surface area contributed by atoms with Crippen LogP contribution in [0.1, 0.15) is 39.5 Å². The molecule has 0 unspecified atom stereocenters. The Kier molecular flexibility index (Phi) is 4.04. The molecule has 88 valence electrons. The molecule has 2 rings (SSSR count). The van der Waals surface area contributed by atoms with Crippen molar-refractivity contribution in [2.75, 3.05) is 19.6 Å². The van der Waals surface area contributed by atoms with Gasteiger partial charge in [-0.15, -0.1) is 0 Å². The van der Waals surface area contributed by atoms with Crippen LogP contribution in [0.4, 0.5) is 0 Å². The van der Waals surface area contributed by atoms with E-state index in [0.29, 0.717) is 6.04 Å². The zero-order chi connectivity index (χ0) is 10.7. The van der Waals surface area contributed by atoms with Gasteiger partial charge < -0.3 is 10.6 Å². The summed E-state index contributed by atoms with van der Waals surface area (Å²) in [6.45, 7) is 7.93. The van der Waals surface area contributed by atoms with E-state index in [1.807, 2.05) is 0 Å². The zero-order valence-electron chi connectivity index (χ0n) is 10.3. The first kappa shape index (κ1) is 11.4. The van der Waals surface area contributed by atoms with Crippen LogP contribution in [0.5, 0.6) is 0 Å². The Morgan fingerprint density at radius 2 is 1.60 bits per heavy atom. The summed E-state index contributed by atoms with van der Waals surface area (Å²) in [4.78, 5) is 0. The zero-order valence-corrected chi connectivity index (χ0v) is 10.3. The highest BCUT2D eigenvalue weighted by molar-refractivity contribution is 4.92. The molecular weight excluding hydrogens is 184 g/mol. The van der Waals surface area contributed by atoms with E-state index in [9.17, 15) is 0 Å². The lowest BCUT2D eigenvalue weighted by Crippen LogP contribution is -2.34. The summed E-state index contributed by atoms with van der Waals surface area (Å²) >= 11 is 0. The van der Waals surface area contributed by atoms with Crippen molar-refractivity contribution < 1.29 is 0 Å². The maximum Gasteiger partial charge on any atom is 0.00790 e. The summed E-state index contributed by atoms with van der Waals surface area (Å²) in [6.07, 6.45) is 6.03. The van der Waals surface area contributed by atoms with Gasteiger partial charge in [0.25, 0.3) is 0 Å². The van der Waals surface area contributed by atoms with Gasteiger partial charge in [0.15, 0.2) is 0 Å². The summed E-state index contributed by atoms with van der Waals surface area (Å²) in [5, 5.41) is 7.07. The Morgan fingerprint density at radius 3 is 2.07 bits per heavy atom. The second kappa shape index (κ2) is 5.31. The Morgan fingerprint density at radius 1 is 1.00 bits per heavy atom. The third-order valence-corrected chi connectivity index (χ3v) is 3.69. The fourth-order valence-electron chi connectivity index (χ4n) is 2.48. The van der Waals surface area contributed by atoms with Crippen molar-refractivity contribution >= 4 is 0 Å². The molecule has 2 saturated carbocycles. The largest absolute Gasteiger partial charge is 0.315 e. The van der Waals surface area contributed by atoms with Crippen LogP contribution in [-0.2, 0) is 0 Å². The molecule has 2 nitrogen and oxygen atoms in total. The second-order valence-electron chi connectivity index (χ2n) is 5.65. The van der Waals surface area contributed by atoms with Crippen molar-refractivity contribution in [2.45, 2.75) is 45.6 Å². The van der Waals surface area contributed by atoms with Crippen molar-refractivity contribution in [1.29, 1.82) is 0 Å². The monoisotopic (exact) mass is 210 g/mol. The van der Waals surface area contributed by atoms with Crippen LogP contribution >= 0.6 is 0 Å². The van der Waals surface area contributed by atoms with Gasteiger partial charge in [0.05, 0.1) is 0 Å². The number of nitrogens with one attached hydrogen (secondary N) is 2. The Labute approximate surface area is 94.2 Å². The molecule has 0 aromatic rings. The lowest BCUT2D eigenvalue weighted by molar-refractivity contribution is 0.377. The van der Waals surface area contributed by atoms with E-state index in [0.717, 1.165) is 30.8 Å². The van der Waals surface area contributed by atoms with Crippen molar-refractivity contribution in [3.63, 3.8) is 0 Å². The van der Waals surface area contributed by atoms with Gasteiger partial charge in [-0.1, -0.05) is 13.8 Å². The van der Waals surface area contributed by atoms with Crippen LogP contribution in [0.25, 0.3) is 0 Å². The molecule has 15 heavy (non-hydrogen) atoms. The molecule has 0 heterocycles. The minimum Gasteiger partial charge on any atom is -0.315 e. The summed E-state index contributed by atoms with van der Waals surface area (Å²) in [5.41, 5.74) is 0. The highest BCUT2D eigenvalue weighted by atomic mass is 15.0. The standard InChI is InChI=1S/C13H26N2/c1-10(2)15-8-7-14-9-13(11-3-4-11)12-5-6-12/h10-15H,3-9H2,1-2H3. The predicted molar refractivity (Wildman–Crippen MR) is 64.9 cm³/mol. The fourth-order valence-corrected chi connectivity index (χ4v) is 2.48. The van der Waals surface area contributed by atoms with E-state index >= 15 is 0 Å². The molecule has 0 amide bonds. The minimum atomic E-state index is 0.620. The van der Waals surface area contributed by atoms with Gasteiger partial charge >= 0.3 is 0 Å². The topological polar surface area (TPSA) is 24.1 Å². The predicted octanol–water partition coefficient (Wildman–Crippen LogP) is 2.01. The SMILES string of the molecule is CC(C)NCCNCC(C1CC1)C1CC1. The van der Waals surface area contributed by atoms with E-state index in [-0.39, 0.29) is 0 Å². The quantitative estimate of drug-likeness (QED) is 0.599. The average molecular weight is 210 g/mol. The highest BCUT2D eigenvalue weighted by Gasteiger charge is 2.40. The molecule has 2 aliphatic carbocycles. The third-order valence-electron chi connectivity index (χ3n) is 3.69. The molecule has 0 aromatic carbocycles. The third kappa shape index (κ3) is 4.12. The maximum atomic E-state index is 3.62. The number of hydrogen-bond acceptors (Lipinski definition) is 2. The number of hydrogen-bond donors (Lipinski definition) is 2. The summed E-state index contributed by atoms with van der Waals surface area (Å²) < 4.78 is 0. The molecule has 0 radical (unpaired) electrons. The molecule has 2 aliphatic rings. The first-order valence-electron chi connectivity index (χ1n) is 6.71. The van der Waals surface area contributed by atoms with Crippen molar-refractivity contribution in [2.24, 2.45) is 17.8 Å². The van der Waals surface area contributed by atoms with Gasteiger partial charge in [-0.3, -0.25) is 0 Å². The van der Waals surface area contributed by atoms with Gasteiger partial charge in [0, 0.05) is 19.1 Å². The summed E-state index contributed by atoms with van der Waals surface area (Å²) in [7, 11) is 0. The molecule has 0 saturated heterocycles. The van der Waals surface area contributed by atoms with Crippen LogP contribution in [-0.4, -0.2) is 25.7 Å². The average Bonchev–Trinajstić information content (AvgIpc) is 3.00. The normalized spacial score (nSPS) is 21.6. The van der Waals surface area contributed by atoms with E-state index in [1.165, 1.54) is 32.2 Å². The van der Waals surface area contributed by atoms with Gasteiger partial charge in [-0.25, -0.2) is 0 Å². The smallest absolute Gasteiger partial charge is 0.00790 e. The molecule has 2 N–H and O–H groups in total. The number of rotatable bonds is 8. The van der Waals surface area contributed by atoms with Gasteiger partial charge in [0.2, 0.25) is 0 Å². The van der Waals surface area contributed by atoms with Crippen molar-refractivity contribution in [3.05, 3.63) is 0 Å². The molecule has 0 aliphatic heterocycles. The van der Waals surface area contributed by atoms with E-state index < -0.39 is 0 Å². The maximum absolute atomic E-state index is 3.62. The van der Waals surface area contributed by atoms with Gasteiger partial charge in [0.1, 0.15) is 0 Å². The van der Waals surface area contributed by atoms with Crippen LogP contribution in [0.15, 0.2) is 0 Å². The first-order chi connectivity index (χ1) is 7.27. The molecule has 0 bridgehead atoms. The molecule has 0 atom stereocenters.